The van der Waals surface area contributed by atoms with Crippen LogP contribution in [0.3, 0.4) is 0 Å². The lowest BCUT2D eigenvalue weighted by Crippen LogP contribution is -2.43. The first-order valence-corrected chi connectivity index (χ1v) is 16.0. The number of hydrogen-bond donors (Lipinski definition) is 2. The van der Waals surface area contributed by atoms with E-state index in [1.54, 1.807) is 71.2 Å². The number of nitrogens with one attached hydrogen (secondary N) is 2. The fourth-order valence-electron chi connectivity index (χ4n) is 6.00. The van der Waals surface area contributed by atoms with Gasteiger partial charge in [0.2, 0.25) is 23.6 Å². The SMILES string of the molecule is O=C(Nc1ccc(/C=C/c2ccc(NC(=O)[C@@H]3CCCN3C(=O)Cc3cccnc3)nc2)cn1)C1CCCN1C(=O)Cc1cccnc1. The normalized spacial score (nSPS) is 17.4. The van der Waals surface area contributed by atoms with Gasteiger partial charge in [0.15, 0.2) is 0 Å². The number of amides is 4. The molecule has 4 aromatic rings. The van der Waals surface area contributed by atoms with E-state index >= 15 is 0 Å². The van der Waals surface area contributed by atoms with Crippen LogP contribution in [0.2, 0.25) is 0 Å². The predicted octanol–water partition coefficient (Wildman–Crippen LogP) is 3.78. The highest BCUT2D eigenvalue weighted by atomic mass is 16.2. The molecule has 2 aliphatic rings. The highest BCUT2D eigenvalue weighted by Crippen LogP contribution is 2.22. The van der Waals surface area contributed by atoms with Crippen LogP contribution in [-0.4, -0.2) is 78.5 Å². The van der Waals surface area contributed by atoms with Gasteiger partial charge in [-0.2, -0.15) is 0 Å². The Morgan fingerprint density at radius 3 is 1.48 bits per heavy atom. The van der Waals surface area contributed by atoms with Crippen LogP contribution in [0, 0.1) is 0 Å². The van der Waals surface area contributed by atoms with Crippen LogP contribution in [0.4, 0.5) is 11.6 Å². The number of carbonyl (C=O) groups is 4. The van der Waals surface area contributed by atoms with Gasteiger partial charge < -0.3 is 20.4 Å². The predicted molar refractivity (Wildman–Crippen MR) is 180 cm³/mol. The third kappa shape index (κ3) is 8.13. The molecule has 0 radical (unpaired) electrons. The highest BCUT2D eigenvalue weighted by Gasteiger charge is 2.35. The number of likely N-dealkylation sites (tertiary alicyclic amines) is 2. The monoisotopic (exact) mass is 644 g/mol. The molecule has 2 aliphatic heterocycles. The number of anilines is 2. The van der Waals surface area contributed by atoms with Gasteiger partial charge in [0.25, 0.3) is 0 Å². The number of nitrogens with zero attached hydrogens (tertiary/aromatic N) is 6. The number of aromatic nitrogens is 4. The fraction of sp³-hybridized carbons (Fsp3) is 0.278. The molecule has 48 heavy (non-hydrogen) atoms. The minimum Gasteiger partial charge on any atom is -0.330 e. The Balaban J connectivity index is 0.985. The van der Waals surface area contributed by atoms with Crippen LogP contribution in [0.5, 0.6) is 0 Å². The second-order valence-corrected chi connectivity index (χ2v) is 11.8. The maximum Gasteiger partial charge on any atom is 0.248 e. The van der Waals surface area contributed by atoms with Gasteiger partial charge in [-0.3, -0.25) is 29.1 Å². The summed E-state index contributed by atoms with van der Waals surface area (Å²) in [5, 5.41) is 5.69. The van der Waals surface area contributed by atoms with Crippen molar-refractivity contribution in [1.82, 2.24) is 29.7 Å². The molecule has 0 spiro atoms. The van der Waals surface area contributed by atoms with Crippen molar-refractivity contribution < 1.29 is 19.2 Å². The Morgan fingerprint density at radius 1 is 0.646 bits per heavy atom. The van der Waals surface area contributed by atoms with E-state index in [0.717, 1.165) is 35.1 Å². The number of rotatable bonds is 10. The summed E-state index contributed by atoms with van der Waals surface area (Å²) in [5.74, 6) is 0.124. The summed E-state index contributed by atoms with van der Waals surface area (Å²) >= 11 is 0. The van der Waals surface area contributed by atoms with E-state index in [0.29, 0.717) is 37.6 Å². The van der Waals surface area contributed by atoms with Gasteiger partial charge in [0.05, 0.1) is 12.8 Å². The van der Waals surface area contributed by atoms with Gasteiger partial charge in [-0.05, 0) is 84.3 Å². The first-order chi connectivity index (χ1) is 23.4. The average Bonchev–Trinajstić information content (AvgIpc) is 3.81. The zero-order chi connectivity index (χ0) is 33.3. The van der Waals surface area contributed by atoms with Gasteiger partial charge in [-0.15, -0.1) is 0 Å². The molecular formula is C36H36N8O4. The molecule has 12 nitrogen and oxygen atoms in total. The van der Waals surface area contributed by atoms with Crippen molar-refractivity contribution in [2.45, 2.75) is 50.6 Å². The van der Waals surface area contributed by atoms with E-state index in [4.69, 9.17) is 0 Å². The minimum absolute atomic E-state index is 0.0939. The summed E-state index contributed by atoms with van der Waals surface area (Å²) in [6.07, 6.45) is 16.8. The molecule has 0 saturated carbocycles. The van der Waals surface area contributed by atoms with E-state index in [2.05, 4.69) is 30.6 Å². The standard InChI is InChI=1S/C36H36N8O4/c45-33(19-27-5-1-15-37-21-27)43-17-3-7-29(43)35(47)41-31-13-11-25(23-39-31)9-10-26-12-14-32(40-24-26)42-36(48)30-8-4-18-44(30)34(46)20-28-6-2-16-38-22-28/h1-2,5-6,9-16,21-24,29-30H,3-4,7-8,17-20H2,(H,39,41,47)(H,40,42,48)/b10-9+/t29-,30?/m0/s1. The zero-order valence-corrected chi connectivity index (χ0v) is 26.4. The summed E-state index contributed by atoms with van der Waals surface area (Å²) in [6.45, 7) is 1.09. The molecule has 4 amide bonds. The van der Waals surface area contributed by atoms with E-state index in [-0.39, 0.29) is 36.5 Å². The Morgan fingerprint density at radius 2 is 1.10 bits per heavy atom. The molecule has 6 rings (SSSR count). The van der Waals surface area contributed by atoms with Gasteiger partial charge >= 0.3 is 0 Å². The molecule has 2 atom stereocenters. The molecule has 244 valence electrons. The molecule has 0 bridgehead atoms. The smallest absolute Gasteiger partial charge is 0.248 e. The van der Waals surface area contributed by atoms with Crippen molar-refractivity contribution in [3.63, 3.8) is 0 Å². The molecule has 0 aliphatic carbocycles. The third-order valence-corrected chi connectivity index (χ3v) is 8.45. The molecule has 0 aromatic carbocycles. The van der Waals surface area contributed by atoms with Crippen LogP contribution in [0.25, 0.3) is 12.2 Å². The van der Waals surface area contributed by atoms with Crippen LogP contribution >= 0.6 is 0 Å². The highest BCUT2D eigenvalue weighted by molar-refractivity contribution is 5.98. The Hall–Kier alpha value is -5.78. The summed E-state index contributed by atoms with van der Waals surface area (Å²) in [4.78, 5) is 72.0. The molecular weight excluding hydrogens is 608 g/mol. The van der Waals surface area contributed by atoms with Gasteiger partial charge in [0, 0.05) is 50.3 Å². The van der Waals surface area contributed by atoms with Gasteiger partial charge in [0.1, 0.15) is 23.7 Å². The number of hydrogen-bond acceptors (Lipinski definition) is 8. The van der Waals surface area contributed by atoms with Crippen LogP contribution in [0.1, 0.15) is 47.9 Å². The maximum absolute atomic E-state index is 13.0. The number of pyridine rings is 4. The number of carbonyl (C=O) groups excluding carboxylic acids is 4. The van der Waals surface area contributed by atoms with Crippen molar-refractivity contribution in [2.75, 3.05) is 23.7 Å². The van der Waals surface area contributed by atoms with Crippen LogP contribution in [-0.2, 0) is 32.0 Å². The zero-order valence-electron chi connectivity index (χ0n) is 26.4. The minimum atomic E-state index is -0.534. The molecule has 2 saturated heterocycles. The van der Waals surface area contributed by atoms with Gasteiger partial charge in [-0.1, -0.05) is 24.3 Å². The lowest BCUT2D eigenvalue weighted by Gasteiger charge is -2.24. The second kappa shape index (κ2) is 15.2. The lowest BCUT2D eigenvalue weighted by atomic mass is 10.1. The topological polar surface area (TPSA) is 150 Å². The van der Waals surface area contributed by atoms with Crippen LogP contribution in [0.15, 0.2) is 85.7 Å². The second-order valence-electron chi connectivity index (χ2n) is 11.8. The average molecular weight is 645 g/mol. The van der Waals surface area contributed by atoms with E-state index in [1.807, 2.05) is 36.4 Å². The molecule has 4 aromatic heterocycles. The molecule has 2 N–H and O–H groups in total. The molecule has 12 heteroatoms. The quantitative estimate of drug-likeness (QED) is 0.265. The molecule has 2 fully saturated rings. The first kappa shape index (κ1) is 32.2. The van der Waals surface area contributed by atoms with E-state index < -0.39 is 12.1 Å². The Bertz CT molecular complexity index is 1630. The summed E-state index contributed by atoms with van der Waals surface area (Å²) in [7, 11) is 0. The van der Waals surface area contributed by atoms with E-state index in [9.17, 15) is 19.2 Å². The van der Waals surface area contributed by atoms with E-state index in [1.165, 1.54) is 0 Å². The molecule has 6 heterocycles. The first-order valence-electron chi connectivity index (χ1n) is 16.0. The summed E-state index contributed by atoms with van der Waals surface area (Å²) < 4.78 is 0. The van der Waals surface area contributed by atoms with Gasteiger partial charge in [-0.25, -0.2) is 9.97 Å². The van der Waals surface area contributed by atoms with Crippen molar-refractivity contribution in [3.8, 4) is 0 Å². The van der Waals surface area contributed by atoms with Crippen molar-refractivity contribution >= 4 is 47.4 Å². The fourth-order valence-corrected chi connectivity index (χ4v) is 6.00. The van der Waals surface area contributed by atoms with Crippen molar-refractivity contribution in [2.24, 2.45) is 0 Å². The largest absolute Gasteiger partial charge is 0.330 e. The van der Waals surface area contributed by atoms with Crippen molar-refractivity contribution in [3.05, 3.63) is 108 Å². The Kier molecular flexibility index (Phi) is 10.2. The Labute approximate surface area is 278 Å². The van der Waals surface area contributed by atoms with Crippen molar-refractivity contribution in [1.29, 1.82) is 0 Å². The molecule has 1 unspecified atom stereocenters. The van der Waals surface area contributed by atoms with Crippen LogP contribution < -0.4 is 10.6 Å². The maximum atomic E-state index is 13.0. The summed E-state index contributed by atoms with van der Waals surface area (Å²) in [5.41, 5.74) is 3.26. The third-order valence-electron chi connectivity index (χ3n) is 8.45. The summed E-state index contributed by atoms with van der Waals surface area (Å²) in [6, 6.07) is 13.3. The lowest BCUT2D eigenvalue weighted by molar-refractivity contribution is -0.136.